The number of nitrogens with one attached hydrogen (secondary N) is 1. The molecule has 2 aromatic heterocycles. The molecule has 0 spiro atoms. The van der Waals surface area contributed by atoms with Crippen LogP contribution in [0.1, 0.15) is 15.9 Å². The fourth-order valence-corrected chi connectivity index (χ4v) is 2.62. The van der Waals surface area contributed by atoms with Crippen LogP contribution in [0.4, 0.5) is 5.82 Å². The van der Waals surface area contributed by atoms with Crippen molar-refractivity contribution in [1.82, 2.24) is 20.2 Å². The van der Waals surface area contributed by atoms with Gasteiger partial charge in [0, 0.05) is 51.3 Å². The molecule has 6 nitrogen and oxygen atoms in total. The molecule has 0 radical (unpaired) electrons. The van der Waals surface area contributed by atoms with Gasteiger partial charge in [0.15, 0.2) is 0 Å². The quantitative estimate of drug-likeness (QED) is 0.918. The summed E-state index contributed by atoms with van der Waals surface area (Å²) in [4.78, 5) is 25.4. The Bertz CT molecular complexity index is 653. The van der Waals surface area contributed by atoms with Gasteiger partial charge in [-0.05, 0) is 36.9 Å². The van der Waals surface area contributed by atoms with Crippen LogP contribution < -0.4 is 10.2 Å². The highest BCUT2D eigenvalue weighted by molar-refractivity contribution is 5.98. The van der Waals surface area contributed by atoms with Gasteiger partial charge in [0.2, 0.25) is 0 Å². The predicted octanol–water partition coefficient (Wildman–Crippen LogP) is 1.16. The Morgan fingerprint density at radius 1 is 1.13 bits per heavy atom. The third kappa shape index (κ3) is 3.84. The third-order valence-electron chi connectivity index (χ3n) is 4.04. The molecular formula is C17H21N5O. The van der Waals surface area contributed by atoms with Crippen LogP contribution in [0.3, 0.4) is 0 Å². The van der Waals surface area contributed by atoms with Crippen LogP contribution in [0.5, 0.6) is 0 Å². The summed E-state index contributed by atoms with van der Waals surface area (Å²) in [7, 11) is 2.11. The standard InChI is InChI=1S/C17H21N5O/c1-21-9-11-22(12-10-21)16-15(3-2-6-19-16)17(23)20-13-14-4-7-18-8-5-14/h2-8H,9-13H2,1H3,(H,20,23). The molecule has 2 aromatic rings. The monoisotopic (exact) mass is 311 g/mol. The van der Waals surface area contributed by atoms with E-state index in [4.69, 9.17) is 0 Å². The minimum Gasteiger partial charge on any atom is -0.353 e. The number of carbonyl (C=O) groups excluding carboxylic acids is 1. The second-order valence-corrected chi connectivity index (χ2v) is 5.70. The number of amides is 1. The molecule has 3 rings (SSSR count). The molecule has 0 bridgehead atoms. The number of anilines is 1. The molecule has 120 valence electrons. The van der Waals surface area contributed by atoms with E-state index < -0.39 is 0 Å². The van der Waals surface area contributed by atoms with E-state index in [1.807, 2.05) is 18.2 Å². The van der Waals surface area contributed by atoms with Crippen LogP contribution in [0.15, 0.2) is 42.9 Å². The lowest BCUT2D eigenvalue weighted by molar-refractivity contribution is 0.0951. The van der Waals surface area contributed by atoms with Gasteiger partial charge in [0.1, 0.15) is 5.82 Å². The van der Waals surface area contributed by atoms with Crippen LogP contribution in [-0.2, 0) is 6.54 Å². The Labute approximate surface area is 136 Å². The van der Waals surface area contributed by atoms with Gasteiger partial charge in [0.05, 0.1) is 5.56 Å². The summed E-state index contributed by atoms with van der Waals surface area (Å²) in [6, 6.07) is 7.43. The number of nitrogens with zero attached hydrogens (tertiary/aromatic N) is 4. The van der Waals surface area contributed by atoms with E-state index in [2.05, 4.69) is 32.1 Å². The minimum absolute atomic E-state index is 0.0937. The van der Waals surface area contributed by atoms with Crippen molar-refractivity contribution >= 4 is 11.7 Å². The second kappa shape index (κ2) is 7.19. The predicted molar refractivity (Wildman–Crippen MR) is 89.4 cm³/mol. The van der Waals surface area contributed by atoms with Gasteiger partial charge in [-0.2, -0.15) is 0 Å². The largest absolute Gasteiger partial charge is 0.353 e. The van der Waals surface area contributed by atoms with E-state index in [0.717, 1.165) is 37.6 Å². The molecule has 1 aliphatic rings. The van der Waals surface area contributed by atoms with E-state index in [0.29, 0.717) is 12.1 Å². The van der Waals surface area contributed by atoms with Crippen molar-refractivity contribution in [2.75, 3.05) is 38.1 Å². The Morgan fingerprint density at radius 3 is 2.61 bits per heavy atom. The zero-order valence-corrected chi connectivity index (χ0v) is 13.3. The molecule has 1 amide bonds. The molecule has 0 unspecified atom stereocenters. The van der Waals surface area contributed by atoms with Gasteiger partial charge in [0.25, 0.3) is 5.91 Å². The number of carbonyl (C=O) groups is 1. The Morgan fingerprint density at radius 2 is 1.87 bits per heavy atom. The normalized spacial score (nSPS) is 15.4. The Hall–Kier alpha value is -2.47. The molecule has 0 aromatic carbocycles. The van der Waals surface area contributed by atoms with E-state index in [9.17, 15) is 4.79 Å². The fourth-order valence-electron chi connectivity index (χ4n) is 2.62. The van der Waals surface area contributed by atoms with Crippen molar-refractivity contribution in [1.29, 1.82) is 0 Å². The molecular weight excluding hydrogens is 290 g/mol. The Kier molecular flexibility index (Phi) is 4.83. The van der Waals surface area contributed by atoms with Crippen molar-refractivity contribution < 1.29 is 4.79 Å². The van der Waals surface area contributed by atoms with Crippen LogP contribution in [-0.4, -0.2) is 54.0 Å². The first-order valence-corrected chi connectivity index (χ1v) is 7.79. The molecule has 0 aliphatic carbocycles. The first kappa shape index (κ1) is 15.4. The summed E-state index contributed by atoms with van der Waals surface area (Å²) >= 11 is 0. The smallest absolute Gasteiger partial charge is 0.255 e. The number of likely N-dealkylation sites (N-methyl/N-ethyl adjacent to an activating group) is 1. The van der Waals surface area contributed by atoms with E-state index in [1.54, 1.807) is 24.7 Å². The summed E-state index contributed by atoms with van der Waals surface area (Å²) in [5.74, 6) is 0.677. The van der Waals surface area contributed by atoms with Crippen LogP contribution in [0.25, 0.3) is 0 Å². The molecule has 1 saturated heterocycles. The van der Waals surface area contributed by atoms with E-state index in [-0.39, 0.29) is 5.91 Å². The van der Waals surface area contributed by atoms with Gasteiger partial charge in [-0.25, -0.2) is 4.98 Å². The number of hydrogen-bond donors (Lipinski definition) is 1. The molecule has 6 heteroatoms. The first-order valence-electron chi connectivity index (χ1n) is 7.79. The van der Waals surface area contributed by atoms with Gasteiger partial charge >= 0.3 is 0 Å². The number of hydrogen-bond acceptors (Lipinski definition) is 5. The maximum absolute atomic E-state index is 12.5. The lowest BCUT2D eigenvalue weighted by Crippen LogP contribution is -2.45. The summed E-state index contributed by atoms with van der Waals surface area (Å²) in [5.41, 5.74) is 1.66. The summed E-state index contributed by atoms with van der Waals surface area (Å²) in [5, 5.41) is 2.96. The molecule has 3 heterocycles. The third-order valence-corrected chi connectivity index (χ3v) is 4.04. The number of pyridine rings is 2. The summed E-state index contributed by atoms with van der Waals surface area (Å²) in [6.45, 7) is 4.22. The topological polar surface area (TPSA) is 61.4 Å². The number of piperazine rings is 1. The van der Waals surface area contributed by atoms with E-state index >= 15 is 0 Å². The van der Waals surface area contributed by atoms with Crippen LogP contribution in [0, 0.1) is 0 Å². The maximum atomic E-state index is 12.5. The van der Waals surface area contributed by atoms with E-state index in [1.165, 1.54) is 0 Å². The van der Waals surface area contributed by atoms with Crippen molar-refractivity contribution in [2.24, 2.45) is 0 Å². The lowest BCUT2D eigenvalue weighted by Gasteiger charge is -2.34. The van der Waals surface area contributed by atoms with Crippen molar-refractivity contribution in [2.45, 2.75) is 6.54 Å². The fraction of sp³-hybridized carbons (Fsp3) is 0.353. The van der Waals surface area contributed by atoms with Gasteiger partial charge in [-0.1, -0.05) is 0 Å². The molecule has 1 fully saturated rings. The SMILES string of the molecule is CN1CCN(c2ncccc2C(=O)NCc2ccncc2)CC1. The van der Waals surface area contributed by atoms with Crippen LogP contribution in [0.2, 0.25) is 0 Å². The molecule has 1 aliphatic heterocycles. The number of rotatable bonds is 4. The van der Waals surface area contributed by atoms with Crippen molar-refractivity contribution in [3.63, 3.8) is 0 Å². The molecule has 0 atom stereocenters. The Balaban J connectivity index is 1.70. The molecule has 23 heavy (non-hydrogen) atoms. The minimum atomic E-state index is -0.0937. The summed E-state index contributed by atoms with van der Waals surface area (Å²) in [6.07, 6.45) is 5.19. The zero-order chi connectivity index (χ0) is 16.1. The van der Waals surface area contributed by atoms with Crippen LogP contribution >= 0.6 is 0 Å². The molecule has 1 N–H and O–H groups in total. The highest BCUT2D eigenvalue weighted by Crippen LogP contribution is 2.18. The first-order chi connectivity index (χ1) is 11.2. The number of aromatic nitrogens is 2. The van der Waals surface area contributed by atoms with Gasteiger partial charge in [-0.15, -0.1) is 0 Å². The van der Waals surface area contributed by atoms with Gasteiger partial charge < -0.3 is 15.1 Å². The highest BCUT2D eigenvalue weighted by atomic mass is 16.1. The average molecular weight is 311 g/mol. The average Bonchev–Trinajstić information content (AvgIpc) is 2.61. The highest BCUT2D eigenvalue weighted by Gasteiger charge is 2.20. The van der Waals surface area contributed by atoms with Crippen molar-refractivity contribution in [3.05, 3.63) is 54.0 Å². The second-order valence-electron chi connectivity index (χ2n) is 5.70. The molecule has 0 saturated carbocycles. The lowest BCUT2D eigenvalue weighted by atomic mass is 10.2. The maximum Gasteiger partial charge on any atom is 0.255 e. The summed E-state index contributed by atoms with van der Waals surface area (Å²) < 4.78 is 0. The van der Waals surface area contributed by atoms with Crippen molar-refractivity contribution in [3.8, 4) is 0 Å². The van der Waals surface area contributed by atoms with Gasteiger partial charge in [-0.3, -0.25) is 9.78 Å². The zero-order valence-electron chi connectivity index (χ0n) is 13.3.